The molecule has 0 saturated carbocycles. The lowest BCUT2D eigenvalue weighted by molar-refractivity contribution is -0.117. The van der Waals surface area contributed by atoms with Crippen molar-refractivity contribution in [1.29, 1.82) is 0 Å². The van der Waals surface area contributed by atoms with Crippen LogP contribution in [-0.4, -0.2) is 24.1 Å². The van der Waals surface area contributed by atoms with Crippen LogP contribution >= 0.6 is 0 Å². The molecule has 0 heterocycles. The highest BCUT2D eigenvalue weighted by molar-refractivity contribution is 5.97. The first-order chi connectivity index (χ1) is 12.8. The minimum atomic E-state index is -0.182. The third-order valence-corrected chi connectivity index (χ3v) is 4.37. The number of benzene rings is 2. The van der Waals surface area contributed by atoms with Crippen LogP contribution in [0.5, 0.6) is 0 Å². The van der Waals surface area contributed by atoms with E-state index in [4.69, 9.17) is 0 Å². The van der Waals surface area contributed by atoms with Gasteiger partial charge in [-0.25, -0.2) is 0 Å². The van der Waals surface area contributed by atoms with Crippen LogP contribution in [0.3, 0.4) is 0 Å². The van der Waals surface area contributed by atoms with Gasteiger partial charge < -0.3 is 10.2 Å². The molecule has 0 unspecified atom stereocenters. The van der Waals surface area contributed by atoms with Gasteiger partial charge in [0, 0.05) is 36.8 Å². The summed E-state index contributed by atoms with van der Waals surface area (Å²) in [7, 11) is 0. The van der Waals surface area contributed by atoms with Crippen molar-refractivity contribution in [3.05, 3.63) is 59.7 Å². The van der Waals surface area contributed by atoms with Gasteiger partial charge in [0.25, 0.3) is 0 Å². The average Bonchev–Trinajstić information content (AvgIpc) is 2.62. The zero-order valence-electron chi connectivity index (χ0n) is 16.3. The summed E-state index contributed by atoms with van der Waals surface area (Å²) in [5, 5.41) is 2.80. The Balaban J connectivity index is 2.05. The van der Waals surface area contributed by atoms with Gasteiger partial charge in [-0.3, -0.25) is 14.4 Å². The van der Waals surface area contributed by atoms with Crippen molar-refractivity contribution in [1.82, 2.24) is 0 Å². The van der Waals surface area contributed by atoms with Gasteiger partial charge in [0.2, 0.25) is 11.8 Å². The van der Waals surface area contributed by atoms with Crippen LogP contribution in [0.15, 0.2) is 48.5 Å². The van der Waals surface area contributed by atoms with Crippen LogP contribution < -0.4 is 10.2 Å². The normalized spacial score (nSPS) is 10.6. The minimum Gasteiger partial charge on any atom is -0.326 e. The largest absolute Gasteiger partial charge is 0.326 e. The molecule has 0 bridgehead atoms. The van der Waals surface area contributed by atoms with Crippen molar-refractivity contribution in [2.24, 2.45) is 0 Å². The highest BCUT2D eigenvalue weighted by Crippen LogP contribution is 2.27. The maximum absolute atomic E-state index is 12.3. The molecule has 1 N–H and O–H groups in total. The van der Waals surface area contributed by atoms with Crippen molar-refractivity contribution in [2.45, 2.75) is 40.0 Å². The second-order valence-corrected chi connectivity index (χ2v) is 6.82. The molecular formula is C22H26N2O3. The van der Waals surface area contributed by atoms with Crippen LogP contribution in [0, 0.1) is 0 Å². The third kappa shape index (κ3) is 5.51. The summed E-state index contributed by atoms with van der Waals surface area (Å²) in [4.78, 5) is 37.4. The van der Waals surface area contributed by atoms with Crippen molar-refractivity contribution in [3.63, 3.8) is 0 Å². The van der Waals surface area contributed by atoms with Crippen molar-refractivity contribution in [2.75, 3.05) is 16.8 Å². The topological polar surface area (TPSA) is 66.5 Å². The Bertz CT molecular complexity index is 826. The SMILES string of the molecule is CC(=O)c1ccc(NC(=O)CCN(C(C)=O)c2ccccc2C(C)C)cc1. The molecule has 2 aromatic rings. The van der Waals surface area contributed by atoms with E-state index in [0.29, 0.717) is 17.8 Å². The molecule has 0 aliphatic carbocycles. The van der Waals surface area contributed by atoms with Gasteiger partial charge in [-0.15, -0.1) is 0 Å². The van der Waals surface area contributed by atoms with Crippen molar-refractivity contribution < 1.29 is 14.4 Å². The fourth-order valence-corrected chi connectivity index (χ4v) is 2.89. The van der Waals surface area contributed by atoms with E-state index in [0.717, 1.165) is 11.3 Å². The molecule has 0 saturated heterocycles. The molecule has 2 amide bonds. The van der Waals surface area contributed by atoms with Crippen LogP contribution in [-0.2, 0) is 9.59 Å². The van der Waals surface area contributed by atoms with E-state index in [2.05, 4.69) is 19.2 Å². The molecule has 5 nitrogen and oxygen atoms in total. The molecule has 27 heavy (non-hydrogen) atoms. The van der Waals surface area contributed by atoms with E-state index in [9.17, 15) is 14.4 Å². The van der Waals surface area contributed by atoms with E-state index >= 15 is 0 Å². The number of ketones is 1. The standard InChI is InChI=1S/C22H26N2O3/c1-15(2)20-7-5-6-8-21(20)24(17(4)26)14-13-22(27)23-19-11-9-18(10-12-19)16(3)25/h5-12,15H,13-14H2,1-4H3,(H,23,27). The maximum Gasteiger partial charge on any atom is 0.226 e. The third-order valence-electron chi connectivity index (χ3n) is 4.37. The molecule has 0 atom stereocenters. The number of nitrogens with one attached hydrogen (secondary N) is 1. The van der Waals surface area contributed by atoms with Gasteiger partial charge >= 0.3 is 0 Å². The van der Waals surface area contributed by atoms with Crippen LogP contribution in [0.25, 0.3) is 0 Å². The molecule has 2 aromatic carbocycles. The molecule has 0 aromatic heterocycles. The number of anilines is 2. The maximum atomic E-state index is 12.3. The number of amides is 2. The van der Waals surface area contributed by atoms with Gasteiger partial charge in [-0.05, 0) is 48.7 Å². The highest BCUT2D eigenvalue weighted by Gasteiger charge is 2.18. The lowest BCUT2D eigenvalue weighted by atomic mass is 10.0. The zero-order chi connectivity index (χ0) is 20.0. The Morgan fingerprint density at radius 1 is 0.963 bits per heavy atom. The number of rotatable bonds is 7. The fraction of sp³-hybridized carbons (Fsp3) is 0.318. The molecular weight excluding hydrogens is 340 g/mol. The number of hydrogen-bond donors (Lipinski definition) is 1. The van der Waals surface area contributed by atoms with Gasteiger partial charge in [0.05, 0.1) is 0 Å². The lowest BCUT2D eigenvalue weighted by Gasteiger charge is -2.25. The number of carbonyl (C=O) groups is 3. The molecule has 2 rings (SSSR count). The summed E-state index contributed by atoms with van der Waals surface area (Å²) in [6.07, 6.45) is 0.181. The Morgan fingerprint density at radius 3 is 2.15 bits per heavy atom. The molecule has 0 spiro atoms. The molecule has 142 valence electrons. The summed E-state index contributed by atoms with van der Waals surface area (Å²) >= 11 is 0. The second kappa shape index (κ2) is 9.12. The Kier molecular flexibility index (Phi) is 6.88. The molecule has 0 aliphatic heterocycles. The molecule has 5 heteroatoms. The molecule has 0 fully saturated rings. The Hall–Kier alpha value is -2.95. The summed E-state index contributed by atoms with van der Waals surface area (Å²) in [6, 6.07) is 14.5. The van der Waals surface area contributed by atoms with Gasteiger partial charge in [0.15, 0.2) is 5.78 Å². The predicted octanol–water partition coefficient (Wildman–Crippen LogP) is 4.39. The highest BCUT2D eigenvalue weighted by atomic mass is 16.2. The van der Waals surface area contributed by atoms with Crippen LogP contribution in [0.2, 0.25) is 0 Å². The quantitative estimate of drug-likeness (QED) is 0.739. The summed E-state index contributed by atoms with van der Waals surface area (Å²) in [5.74, 6) is -0.0222. The van der Waals surface area contributed by atoms with Gasteiger partial charge in [0.1, 0.15) is 0 Å². The van der Waals surface area contributed by atoms with Crippen LogP contribution in [0.4, 0.5) is 11.4 Å². The van der Waals surface area contributed by atoms with E-state index in [1.54, 1.807) is 29.2 Å². The van der Waals surface area contributed by atoms with E-state index in [-0.39, 0.29) is 29.9 Å². The van der Waals surface area contributed by atoms with Crippen LogP contribution in [0.1, 0.15) is 56.0 Å². The number of carbonyl (C=O) groups excluding carboxylic acids is 3. The first kappa shape index (κ1) is 20.4. The molecule has 0 radical (unpaired) electrons. The van der Waals surface area contributed by atoms with E-state index in [1.165, 1.54) is 13.8 Å². The predicted molar refractivity (Wildman–Crippen MR) is 108 cm³/mol. The van der Waals surface area contributed by atoms with Crippen molar-refractivity contribution in [3.8, 4) is 0 Å². The lowest BCUT2D eigenvalue weighted by Crippen LogP contribution is -2.32. The number of Topliss-reactive ketones (excluding diaryl/α,β-unsaturated/α-hetero) is 1. The average molecular weight is 366 g/mol. The van der Waals surface area contributed by atoms with Gasteiger partial charge in [-0.2, -0.15) is 0 Å². The first-order valence-corrected chi connectivity index (χ1v) is 9.07. The smallest absolute Gasteiger partial charge is 0.226 e. The zero-order valence-corrected chi connectivity index (χ0v) is 16.3. The van der Waals surface area contributed by atoms with E-state index < -0.39 is 0 Å². The number of para-hydroxylation sites is 1. The summed E-state index contributed by atoms with van der Waals surface area (Å²) in [5.41, 5.74) is 3.15. The van der Waals surface area contributed by atoms with Gasteiger partial charge in [-0.1, -0.05) is 32.0 Å². The first-order valence-electron chi connectivity index (χ1n) is 9.07. The van der Waals surface area contributed by atoms with Crippen molar-refractivity contribution >= 4 is 29.0 Å². The summed E-state index contributed by atoms with van der Waals surface area (Å²) in [6.45, 7) is 7.47. The monoisotopic (exact) mass is 366 g/mol. The molecule has 0 aliphatic rings. The number of hydrogen-bond acceptors (Lipinski definition) is 3. The Labute approximate surface area is 160 Å². The summed E-state index contributed by atoms with van der Waals surface area (Å²) < 4.78 is 0. The van der Waals surface area contributed by atoms with E-state index in [1.807, 2.05) is 24.3 Å². The minimum absolute atomic E-state index is 0.0196. The second-order valence-electron chi connectivity index (χ2n) is 6.82. The Morgan fingerprint density at radius 2 is 1.59 bits per heavy atom. The number of nitrogens with zero attached hydrogens (tertiary/aromatic N) is 1. The fourth-order valence-electron chi connectivity index (χ4n) is 2.89.